The lowest BCUT2D eigenvalue weighted by Gasteiger charge is -2.12. The van der Waals surface area contributed by atoms with E-state index in [0.717, 1.165) is 0 Å². The topological polar surface area (TPSA) is 125 Å². The third-order valence-corrected chi connectivity index (χ3v) is 2.38. The molecule has 0 fully saturated rings. The number of carbonyl (C=O) groups is 1. The highest BCUT2D eigenvalue weighted by molar-refractivity contribution is 5.77. The quantitative estimate of drug-likeness (QED) is 0.447. The highest BCUT2D eigenvalue weighted by Crippen LogP contribution is 2.29. The Kier molecular flexibility index (Phi) is 5.43. The molecular weight excluding hydrogens is 266 g/mol. The van der Waals surface area contributed by atoms with Gasteiger partial charge in [-0.1, -0.05) is 0 Å². The van der Waals surface area contributed by atoms with Crippen molar-refractivity contribution in [3.63, 3.8) is 0 Å². The molecule has 0 saturated heterocycles. The van der Waals surface area contributed by atoms with Crippen LogP contribution in [0, 0.1) is 21.4 Å². The molecule has 8 nitrogen and oxygen atoms in total. The van der Waals surface area contributed by atoms with E-state index in [1.165, 1.54) is 25.1 Å². The van der Waals surface area contributed by atoms with E-state index in [1.54, 1.807) is 6.07 Å². The number of rotatable bonds is 6. The van der Waals surface area contributed by atoms with Gasteiger partial charge in [0, 0.05) is 17.7 Å². The molecule has 0 saturated carbocycles. The molecule has 0 unspecified atom stereocenters. The number of benzene rings is 1. The van der Waals surface area contributed by atoms with Gasteiger partial charge in [-0.25, -0.2) is 0 Å². The van der Waals surface area contributed by atoms with Crippen LogP contribution in [0.25, 0.3) is 0 Å². The second-order valence-corrected chi connectivity index (χ2v) is 3.88. The maximum Gasteiger partial charge on any atom is 0.270 e. The van der Waals surface area contributed by atoms with Gasteiger partial charge >= 0.3 is 0 Å². The van der Waals surface area contributed by atoms with Crippen molar-refractivity contribution in [2.75, 3.05) is 13.2 Å². The monoisotopic (exact) mass is 279 g/mol. The first-order valence-corrected chi connectivity index (χ1v) is 5.68. The van der Waals surface area contributed by atoms with Crippen LogP contribution in [0.5, 0.6) is 5.75 Å². The van der Waals surface area contributed by atoms with E-state index >= 15 is 0 Å². The summed E-state index contributed by atoms with van der Waals surface area (Å²) >= 11 is 0. The van der Waals surface area contributed by atoms with Crippen molar-refractivity contribution in [2.24, 2.45) is 0 Å². The Morgan fingerprint density at radius 2 is 2.35 bits per heavy atom. The number of aliphatic hydroxyl groups is 1. The standard InChI is InChI=1S/C12H13N3O5/c1-8(16)10-6-9(15(18)19)2-3-11(10)20-7-12(17)14-5-4-13/h2-3,6,8,16H,5,7H2,1H3,(H,14,17)/t8-/m1/s1. The Labute approximate surface area is 114 Å². The van der Waals surface area contributed by atoms with Gasteiger partial charge in [-0.3, -0.25) is 14.9 Å². The van der Waals surface area contributed by atoms with E-state index in [4.69, 9.17) is 10.00 Å². The molecule has 0 spiro atoms. The van der Waals surface area contributed by atoms with Gasteiger partial charge in [0.15, 0.2) is 6.61 Å². The van der Waals surface area contributed by atoms with Crippen LogP contribution in [0.1, 0.15) is 18.6 Å². The summed E-state index contributed by atoms with van der Waals surface area (Å²) in [7, 11) is 0. The number of nitro benzene ring substituents is 1. The first-order chi connectivity index (χ1) is 9.45. The number of non-ortho nitro benzene ring substituents is 1. The van der Waals surface area contributed by atoms with Crippen molar-refractivity contribution in [3.8, 4) is 11.8 Å². The average Bonchev–Trinajstić information content (AvgIpc) is 2.42. The fraction of sp³-hybridized carbons (Fsp3) is 0.333. The van der Waals surface area contributed by atoms with Crippen LogP contribution in [-0.2, 0) is 4.79 Å². The lowest BCUT2D eigenvalue weighted by Crippen LogP contribution is -2.29. The lowest BCUT2D eigenvalue weighted by molar-refractivity contribution is -0.385. The van der Waals surface area contributed by atoms with Gasteiger partial charge in [-0.15, -0.1) is 0 Å². The van der Waals surface area contributed by atoms with Crippen molar-refractivity contribution in [3.05, 3.63) is 33.9 Å². The van der Waals surface area contributed by atoms with Gasteiger partial charge in [0.1, 0.15) is 12.3 Å². The van der Waals surface area contributed by atoms with Crippen LogP contribution in [0.3, 0.4) is 0 Å². The number of aliphatic hydroxyl groups excluding tert-OH is 1. The van der Waals surface area contributed by atoms with Crippen molar-refractivity contribution in [1.82, 2.24) is 5.32 Å². The van der Waals surface area contributed by atoms with Crippen molar-refractivity contribution in [1.29, 1.82) is 5.26 Å². The highest BCUT2D eigenvalue weighted by Gasteiger charge is 2.16. The Hall–Kier alpha value is -2.66. The summed E-state index contributed by atoms with van der Waals surface area (Å²) in [5.41, 5.74) is 0.0365. The average molecular weight is 279 g/mol. The highest BCUT2D eigenvalue weighted by atomic mass is 16.6. The van der Waals surface area contributed by atoms with Crippen LogP contribution in [0.2, 0.25) is 0 Å². The molecule has 1 amide bonds. The summed E-state index contributed by atoms with van der Waals surface area (Å²) in [5, 5.41) is 30.8. The summed E-state index contributed by atoms with van der Waals surface area (Å²) in [6, 6.07) is 5.47. The zero-order chi connectivity index (χ0) is 15.1. The predicted molar refractivity (Wildman–Crippen MR) is 67.8 cm³/mol. The molecule has 8 heteroatoms. The maximum absolute atomic E-state index is 11.3. The van der Waals surface area contributed by atoms with E-state index in [-0.39, 0.29) is 30.2 Å². The number of carbonyl (C=O) groups excluding carboxylic acids is 1. The number of nitrogens with zero attached hydrogens (tertiary/aromatic N) is 2. The third-order valence-electron chi connectivity index (χ3n) is 2.38. The Balaban J connectivity index is 2.82. The van der Waals surface area contributed by atoms with E-state index in [0.29, 0.717) is 0 Å². The zero-order valence-electron chi connectivity index (χ0n) is 10.7. The van der Waals surface area contributed by atoms with Crippen LogP contribution < -0.4 is 10.1 Å². The Morgan fingerprint density at radius 1 is 1.65 bits per heavy atom. The first-order valence-electron chi connectivity index (χ1n) is 5.68. The molecule has 1 atom stereocenters. The fourth-order valence-corrected chi connectivity index (χ4v) is 1.44. The minimum absolute atomic E-state index is 0.133. The van der Waals surface area contributed by atoms with Crippen LogP contribution in [0.15, 0.2) is 18.2 Å². The maximum atomic E-state index is 11.3. The lowest BCUT2D eigenvalue weighted by atomic mass is 10.1. The molecule has 1 aromatic rings. The normalized spacial score (nSPS) is 11.2. The molecule has 0 bridgehead atoms. The number of ether oxygens (including phenoxy) is 1. The molecule has 0 aliphatic rings. The first kappa shape index (κ1) is 15.4. The minimum Gasteiger partial charge on any atom is -0.483 e. The van der Waals surface area contributed by atoms with Gasteiger partial charge in [0.2, 0.25) is 0 Å². The molecule has 106 valence electrons. The van der Waals surface area contributed by atoms with Gasteiger partial charge in [0.25, 0.3) is 11.6 Å². The number of nitro groups is 1. The van der Waals surface area contributed by atoms with E-state index in [9.17, 15) is 20.0 Å². The summed E-state index contributed by atoms with van der Waals surface area (Å²) in [6.45, 7) is 0.951. The summed E-state index contributed by atoms with van der Waals surface area (Å²) < 4.78 is 5.19. The molecule has 0 radical (unpaired) electrons. The van der Waals surface area contributed by atoms with Gasteiger partial charge < -0.3 is 15.2 Å². The van der Waals surface area contributed by atoms with Crippen LogP contribution in [0.4, 0.5) is 5.69 Å². The summed E-state index contributed by atoms with van der Waals surface area (Å²) in [4.78, 5) is 21.3. The third kappa shape index (κ3) is 4.22. The molecule has 1 aromatic carbocycles. The molecule has 2 N–H and O–H groups in total. The van der Waals surface area contributed by atoms with Crippen molar-refractivity contribution < 1.29 is 19.6 Å². The zero-order valence-corrected chi connectivity index (χ0v) is 10.7. The Morgan fingerprint density at radius 3 is 2.90 bits per heavy atom. The second-order valence-electron chi connectivity index (χ2n) is 3.88. The van der Waals surface area contributed by atoms with E-state index in [1.807, 2.05) is 0 Å². The number of hydrogen-bond donors (Lipinski definition) is 2. The number of nitrogens with one attached hydrogen (secondary N) is 1. The van der Waals surface area contributed by atoms with E-state index in [2.05, 4.69) is 5.32 Å². The molecule has 0 heterocycles. The smallest absolute Gasteiger partial charge is 0.270 e. The van der Waals surface area contributed by atoms with Gasteiger partial charge in [-0.2, -0.15) is 5.26 Å². The SMILES string of the molecule is C[C@@H](O)c1cc([N+](=O)[O-])ccc1OCC(=O)NCC#N. The van der Waals surface area contributed by atoms with Crippen molar-refractivity contribution >= 4 is 11.6 Å². The largest absolute Gasteiger partial charge is 0.483 e. The molecule has 0 aromatic heterocycles. The molecular formula is C12H13N3O5. The molecule has 0 aliphatic carbocycles. The summed E-state index contributed by atoms with van der Waals surface area (Å²) in [6.07, 6.45) is -0.980. The molecule has 1 rings (SSSR count). The van der Waals surface area contributed by atoms with Gasteiger partial charge in [-0.05, 0) is 13.0 Å². The van der Waals surface area contributed by atoms with Crippen LogP contribution >= 0.6 is 0 Å². The number of hydrogen-bond acceptors (Lipinski definition) is 6. The van der Waals surface area contributed by atoms with Crippen LogP contribution in [-0.4, -0.2) is 29.1 Å². The van der Waals surface area contributed by atoms with E-state index < -0.39 is 16.9 Å². The molecule has 20 heavy (non-hydrogen) atoms. The Bertz CT molecular complexity index is 551. The summed E-state index contributed by atoms with van der Waals surface area (Å²) in [5.74, 6) is -0.320. The number of nitriles is 1. The minimum atomic E-state index is -0.980. The molecule has 0 aliphatic heterocycles. The second kappa shape index (κ2) is 7.06. The number of amides is 1. The predicted octanol–water partition coefficient (Wildman–Crippen LogP) is 0.667. The fourth-order valence-electron chi connectivity index (χ4n) is 1.44. The van der Waals surface area contributed by atoms with Gasteiger partial charge in [0.05, 0.1) is 17.1 Å². The van der Waals surface area contributed by atoms with Crippen molar-refractivity contribution in [2.45, 2.75) is 13.0 Å².